The lowest BCUT2D eigenvalue weighted by atomic mass is 10.1. The summed E-state index contributed by atoms with van der Waals surface area (Å²) in [5.41, 5.74) is 1.19. The van der Waals surface area contributed by atoms with E-state index in [4.69, 9.17) is 0 Å². The predicted octanol–water partition coefficient (Wildman–Crippen LogP) is 2.20. The summed E-state index contributed by atoms with van der Waals surface area (Å²) >= 11 is 0. The van der Waals surface area contributed by atoms with Crippen LogP contribution in [0.5, 0.6) is 0 Å². The molecule has 0 saturated carbocycles. The zero-order valence-electron chi connectivity index (χ0n) is 12.3. The van der Waals surface area contributed by atoms with E-state index in [0.29, 0.717) is 6.04 Å². The molecule has 0 spiro atoms. The zero-order valence-corrected chi connectivity index (χ0v) is 12.3. The van der Waals surface area contributed by atoms with Gasteiger partial charge in [-0.05, 0) is 31.4 Å². The molecule has 2 bridgehead atoms. The monoisotopic (exact) mass is 282 g/mol. The van der Waals surface area contributed by atoms with Crippen molar-refractivity contribution in [2.45, 2.75) is 37.9 Å². The maximum atomic E-state index is 4.58. The second kappa shape index (κ2) is 5.62. The van der Waals surface area contributed by atoms with Crippen LogP contribution in [0.4, 0.5) is 0 Å². The van der Waals surface area contributed by atoms with E-state index in [1.807, 2.05) is 6.20 Å². The molecule has 2 saturated heterocycles. The summed E-state index contributed by atoms with van der Waals surface area (Å²) in [6.45, 7) is 3.26. The Labute approximate surface area is 125 Å². The van der Waals surface area contributed by atoms with Gasteiger partial charge in [0.2, 0.25) is 0 Å². The number of imidazole rings is 1. The molecule has 0 aliphatic carbocycles. The molecule has 2 aliphatic rings. The summed E-state index contributed by atoms with van der Waals surface area (Å²) in [7, 11) is 0. The van der Waals surface area contributed by atoms with Crippen molar-refractivity contribution in [1.29, 1.82) is 0 Å². The Morgan fingerprint density at radius 2 is 1.95 bits per heavy atom. The lowest BCUT2D eigenvalue weighted by Crippen LogP contribution is -2.35. The lowest BCUT2D eigenvalue weighted by Gasteiger charge is -2.23. The SMILES string of the molecule is c1ccc(-n2ccnc2CN2CCC3CCC(C2)N3)cc1. The van der Waals surface area contributed by atoms with E-state index in [1.165, 1.54) is 31.5 Å². The summed E-state index contributed by atoms with van der Waals surface area (Å²) in [4.78, 5) is 7.13. The number of rotatable bonds is 3. The van der Waals surface area contributed by atoms with Gasteiger partial charge in [-0.2, -0.15) is 0 Å². The molecule has 3 heterocycles. The molecule has 2 aliphatic heterocycles. The van der Waals surface area contributed by atoms with Gasteiger partial charge in [0.25, 0.3) is 0 Å². The molecular formula is C17H22N4. The molecule has 2 atom stereocenters. The zero-order chi connectivity index (χ0) is 14.1. The minimum Gasteiger partial charge on any atom is -0.310 e. The summed E-state index contributed by atoms with van der Waals surface area (Å²) in [5.74, 6) is 1.14. The van der Waals surface area contributed by atoms with E-state index in [-0.39, 0.29) is 0 Å². The molecular weight excluding hydrogens is 260 g/mol. The highest BCUT2D eigenvalue weighted by Gasteiger charge is 2.29. The summed E-state index contributed by atoms with van der Waals surface area (Å²) in [6.07, 6.45) is 7.92. The fraction of sp³-hybridized carbons (Fsp3) is 0.471. The summed E-state index contributed by atoms with van der Waals surface area (Å²) in [5, 5.41) is 3.74. The Balaban J connectivity index is 1.51. The normalized spacial score (nSPS) is 25.9. The number of likely N-dealkylation sites (tertiary alicyclic amines) is 1. The number of aromatic nitrogens is 2. The van der Waals surface area contributed by atoms with Crippen LogP contribution in [-0.4, -0.2) is 39.6 Å². The van der Waals surface area contributed by atoms with Gasteiger partial charge < -0.3 is 9.88 Å². The molecule has 2 fully saturated rings. The first-order valence-electron chi connectivity index (χ1n) is 7.94. The number of nitrogens with zero attached hydrogens (tertiary/aromatic N) is 3. The van der Waals surface area contributed by atoms with E-state index >= 15 is 0 Å². The first-order valence-corrected chi connectivity index (χ1v) is 7.94. The maximum absolute atomic E-state index is 4.58. The lowest BCUT2D eigenvalue weighted by molar-refractivity contribution is 0.244. The van der Waals surface area contributed by atoms with Crippen molar-refractivity contribution in [3.8, 4) is 5.69 Å². The number of benzene rings is 1. The summed E-state index contributed by atoms with van der Waals surface area (Å²) < 4.78 is 2.20. The standard InChI is InChI=1S/C17H22N4/c1-2-4-16(5-3-1)21-11-9-18-17(21)13-20-10-8-14-6-7-15(12-20)19-14/h1-5,9,11,14-15,19H,6-8,10,12-13H2. The highest BCUT2D eigenvalue weighted by atomic mass is 15.2. The smallest absolute Gasteiger partial charge is 0.127 e. The number of hydrogen-bond acceptors (Lipinski definition) is 3. The van der Waals surface area contributed by atoms with Crippen LogP contribution in [0, 0.1) is 0 Å². The second-order valence-electron chi connectivity index (χ2n) is 6.21. The van der Waals surface area contributed by atoms with Crippen molar-refractivity contribution in [3.63, 3.8) is 0 Å². The van der Waals surface area contributed by atoms with Crippen molar-refractivity contribution >= 4 is 0 Å². The van der Waals surface area contributed by atoms with Gasteiger partial charge in [0, 0.05) is 43.3 Å². The van der Waals surface area contributed by atoms with Crippen LogP contribution in [0.2, 0.25) is 0 Å². The Bertz CT molecular complexity index is 592. The van der Waals surface area contributed by atoms with Gasteiger partial charge in [-0.25, -0.2) is 4.98 Å². The predicted molar refractivity (Wildman–Crippen MR) is 83.4 cm³/mol. The quantitative estimate of drug-likeness (QED) is 0.937. The van der Waals surface area contributed by atoms with Gasteiger partial charge in [0.05, 0.1) is 6.54 Å². The molecule has 21 heavy (non-hydrogen) atoms. The van der Waals surface area contributed by atoms with Crippen molar-refractivity contribution in [1.82, 2.24) is 19.8 Å². The Hall–Kier alpha value is -1.65. The number of fused-ring (bicyclic) bond motifs is 2. The minimum absolute atomic E-state index is 0.678. The van der Waals surface area contributed by atoms with Gasteiger partial charge >= 0.3 is 0 Å². The Morgan fingerprint density at radius 3 is 2.86 bits per heavy atom. The number of hydrogen-bond donors (Lipinski definition) is 1. The average Bonchev–Trinajstić information content (AvgIpc) is 3.09. The largest absolute Gasteiger partial charge is 0.310 e. The molecule has 4 heteroatoms. The van der Waals surface area contributed by atoms with Gasteiger partial charge in [0.15, 0.2) is 0 Å². The van der Waals surface area contributed by atoms with Crippen molar-refractivity contribution in [2.24, 2.45) is 0 Å². The molecule has 4 rings (SSSR count). The Morgan fingerprint density at radius 1 is 1.10 bits per heavy atom. The third kappa shape index (κ3) is 2.74. The van der Waals surface area contributed by atoms with Crippen LogP contribution in [0.1, 0.15) is 25.1 Å². The first-order chi connectivity index (χ1) is 10.4. The van der Waals surface area contributed by atoms with Gasteiger partial charge in [-0.15, -0.1) is 0 Å². The van der Waals surface area contributed by atoms with E-state index in [2.05, 4.69) is 56.3 Å². The van der Waals surface area contributed by atoms with Crippen LogP contribution in [0.3, 0.4) is 0 Å². The maximum Gasteiger partial charge on any atom is 0.127 e. The molecule has 2 unspecified atom stereocenters. The third-order valence-corrected chi connectivity index (χ3v) is 4.72. The van der Waals surface area contributed by atoms with Crippen molar-refractivity contribution < 1.29 is 0 Å². The fourth-order valence-corrected chi connectivity index (χ4v) is 3.63. The summed E-state index contributed by atoms with van der Waals surface area (Å²) in [6, 6.07) is 11.9. The molecule has 1 N–H and O–H groups in total. The second-order valence-corrected chi connectivity index (χ2v) is 6.21. The highest BCUT2D eigenvalue weighted by molar-refractivity contribution is 5.32. The Kier molecular flexibility index (Phi) is 3.49. The molecule has 110 valence electrons. The average molecular weight is 282 g/mol. The number of para-hydroxylation sites is 1. The van der Waals surface area contributed by atoms with Crippen LogP contribution < -0.4 is 5.32 Å². The topological polar surface area (TPSA) is 33.1 Å². The molecule has 1 aromatic heterocycles. The van der Waals surface area contributed by atoms with E-state index in [1.54, 1.807) is 0 Å². The molecule has 1 aromatic carbocycles. The molecule has 4 nitrogen and oxygen atoms in total. The minimum atomic E-state index is 0.678. The van der Waals surface area contributed by atoms with Gasteiger partial charge in [-0.1, -0.05) is 18.2 Å². The third-order valence-electron chi connectivity index (χ3n) is 4.72. The van der Waals surface area contributed by atoms with Crippen molar-refractivity contribution in [2.75, 3.05) is 13.1 Å². The molecule has 0 radical (unpaired) electrons. The van der Waals surface area contributed by atoms with Crippen LogP contribution in [-0.2, 0) is 6.54 Å². The van der Waals surface area contributed by atoms with E-state index < -0.39 is 0 Å². The fourth-order valence-electron chi connectivity index (χ4n) is 3.63. The first kappa shape index (κ1) is 13.0. The molecule has 2 aromatic rings. The highest BCUT2D eigenvalue weighted by Crippen LogP contribution is 2.21. The molecule has 0 amide bonds. The van der Waals surface area contributed by atoms with E-state index in [0.717, 1.165) is 25.0 Å². The van der Waals surface area contributed by atoms with Crippen molar-refractivity contribution in [3.05, 3.63) is 48.5 Å². The number of nitrogens with one attached hydrogen (secondary N) is 1. The van der Waals surface area contributed by atoms with Gasteiger partial charge in [0.1, 0.15) is 5.82 Å². The van der Waals surface area contributed by atoms with Gasteiger partial charge in [-0.3, -0.25) is 4.90 Å². The van der Waals surface area contributed by atoms with E-state index in [9.17, 15) is 0 Å². The van der Waals surface area contributed by atoms with Crippen LogP contribution in [0.15, 0.2) is 42.7 Å². The van der Waals surface area contributed by atoms with Crippen LogP contribution in [0.25, 0.3) is 5.69 Å². The van der Waals surface area contributed by atoms with Crippen LogP contribution >= 0.6 is 0 Å².